The lowest BCUT2D eigenvalue weighted by Gasteiger charge is -2.13. The fourth-order valence-corrected chi connectivity index (χ4v) is 1.86. The van der Waals surface area contributed by atoms with Crippen LogP contribution in [0.3, 0.4) is 0 Å². The maximum absolute atomic E-state index is 5.98. The van der Waals surface area contributed by atoms with Crippen molar-refractivity contribution in [3.05, 3.63) is 0 Å². The van der Waals surface area contributed by atoms with Gasteiger partial charge in [-0.15, -0.1) is 11.6 Å². The molecule has 12 heavy (non-hydrogen) atoms. The molecule has 1 atom stereocenters. The Bertz CT molecular complexity index is 121. The molecule has 0 spiro atoms. The van der Waals surface area contributed by atoms with E-state index < -0.39 is 0 Å². The molecule has 1 fully saturated rings. The number of halogens is 1. The molecule has 0 saturated carbocycles. The minimum absolute atomic E-state index is 0.396. The highest BCUT2D eigenvalue weighted by atomic mass is 35.5. The SMILES string of the molecule is COCCCCN1CCC(Cl)C1. The van der Waals surface area contributed by atoms with Gasteiger partial charge in [0.2, 0.25) is 0 Å². The summed E-state index contributed by atoms with van der Waals surface area (Å²) in [6.07, 6.45) is 3.56. The number of alkyl halides is 1. The molecular weight excluding hydrogens is 174 g/mol. The third-order valence-corrected chi connectivity index (χ3v) is 2.64. The maximum atomic E-state index is 5.98. The highest BCUT2D eigenvalue weighted by Gasteiger charge is 2.18. The minimum Gasteiger partial charge on any atom is -0.385 e. The second-order valence-corrected chi connectivity index (χ2v) is 4.00. The zero-order valence-electron chi connectivity index (χ0n) is 7.76. The molecule has 2 nitrogen and oxygen atoms in total. The third kappa shape index (κ3) is 3.74. The number of ether oxygens (including phenoxy) is 1. The van der Waals surface area contributed by atoms with Crippen LogP contribution in [0.4, 0.5) is 0 Å². The smallest absolute Gasteiger partial charge is 0.0475 e. The summed E-state index contributed by atoms with van der Waals surface area (Å²) in [4.78, 5) is 2.44. The molecule has 72 valence electrons. The van der Waals surface area contributed by atoms with Gasteiger partial charge in [-0.1, -0.05) is 0 Å². The maximum Gasteiger partial charge on any atom is 0.0475 e. The third-order valence-electron chi connectivity index (χ3n) is 2.29. The minimum atomic E-state index is 0.396. The predicted octanol–water partition coefficient (Wildman–Crippen LogP) is 1.73. The van der Waals surface area contributed by atoms with E-state index in [9.17, 15) is 0 Å². The number of methoxy groups -OCH3 is 1. The summed E-state index contributed by atoms with van der Waals surface area (Å²) < 4.78 is 4.98. The first kappa shape index (κ1) is 10.3. The lowest BCUT2D eigenvalue weighted by Crippen LogP contribution is -2.22. The molecule has 1 unspecified atom stereocenters. The van der Waals surface area contributed by atoms with Gasteiger partial charge < -0.3 is 9.64 Å². The molecular formula is C9H18ClNO. The normalized spacial score (nSPS) is 25.0. The van der Waals surface area contributed by atoms with Crippen LogP contribution in [0, 0.1) is 0 Å². The molecule has 0 aromatic carbocycles. The molecule has 0 aromatic heterocycles. The van der Waals surface area contributed by atoms with E-state index in [4.69, 9.17) is 16.3 Å². The van der Waals surface area contributed by atoms with Crippen LogP contribution < -0.4 is 0 Å². The van der Waals surface area contributed by atoms with Gasteiger partial charge in [0.25, 0.3) is 0 Å². The van der Waals surface area contributed by atoms with Crippen LogP contribution in [-0.4, -0.2) is 43.6 Å². The molecule has 0 N–H and O–H groups in total. The van der Waals surface area contributed by atoms with Crippen LogP contribution in [0.1, 0.15) is 19.3 Å². The number of nitrogens with zero attached hydrogens (tertiary/aromatic N) is 1. The molecule has 0 aliphatic carbocycles. The monoisotopic (exact) mass is 191 g/mol. The van der Waals surface area contributed by atoms with Gasteiger partial charge in [0.15, 0.2) is 0 Å². The van der Waals surface area contributed by atoms with E-state index in [2.05, 4.69) is 4.90 Å². The van der Waals surface area contributed by atoms with Gasteiger partial charge in [0, 0.05) is 25.6 Å². The van der Waals surface area contributed by atoms with E-state index in [1.165, 1.54) is 25.9 Å². The van der Waals surface area contributed by atoms with Crippen LogP contribution in [0.2, 0.25) is 0 Å². The van der Waals surface area contributed by atoms with E-state index >= 15 is 0 Å². The number of rotatable bonds is 5. The van der Waals surface area contributed by atoms with E-state index in [0.29, 0.717) is 5.38 Å². The lowest BCUT2D eigenvalue weighted by molar-refractivity contribution is 0.187. The standard InChI is InChI=1S/C9H18ClNO/c1-12-7-3-2-5-11-6-4-9(10)8-11/h9H,2-8H2,1H3. The van der Waals surface area contributed by atoms with E-state index in [-0.39, 0.29) is 0 Å². The number of likely N-dealkylation sites (tertiary alicyclic amines) is 1. The first-order valence-corrected chi connectivity index (χ1v) is 5.12. The Hall–Kier alpha value is 0.210. The molecule has 1 heterocycles. The number of hydrogen-bond donors (Lipinski definition) is 0. The molecule has 1 rings (SSSR count). The van der Waals surface area contributed by atoms with Crippen molar-refractivity contribution in [1.82, 2.24) is 4.90 Å². The van der Waals surface area contributed by atoms with Crippen LogP contribution in [0.25, 0.3) is 0 Å². The molecule has 1 aliphatic heterocycles. The summed E-state index contributed by atoms with van der Waals surface area (Å²) in [5.41, 5.74) is 0. The predicted molar refractivity (Wildman–Crippen MR) is 51.8 cm³/mol. The summed E-state index contributed by atoms with van der Waals surface area (Å²) in [7, 11) is 1.75. The number of hydrogen-bond acceptors (Lipinski definition) is 2. The zero-order chi connectivity index (χ0) is 8.81. The summed E-state index contributed by atoms with van der Waals surface area (Å²) in [5.74, 6) is 0. The van der Waals surface area contributed by atoms with Crippen molar-refractivity contribution in [3.8, 4) is 0 Å². The molecule has 3 heteroatoms. The Kier molecular flexibility index (Phi) is 4.96. The molecule has 0 amide bonds. The largest absolute Gasteiger partial charge is 0.385 e. The molecule has 1 aliphatic rings. The second kappa shape index (κ2) is 5.79. The van der Waals surface area contributed by atoms with Gasteiger partial charge in [-0.3, -0.25) is 0 Å². The average molecular weight is 192 g/mol. The zero-order valence-corrected chi connectivity index (χ0v) is 8.52. The quantitative estimate of drug-likeness (QED) is 0.485. The van der Waals surface area contributed by atoms with Crippen molar-refractivity contribution in [2.45, 2.75) is 24.6 Å². The van der Waals surface area contributed by atoms with Crippen molar-refractivity contribution in [3.63, 3.8) is 0 Å². The Balaban J connectivity index is 1.93. The van der Waals surface area contributed by atoms with E-state index in [1.807, 2.05) is 0 Å². The van der Waals surface area contributed by atoms with Crippen molar-refractivity contribution in [2.24, 2.45) is 0 Å². The Morgan fingerprint density at radius 2 is 2.33 bits per heavy atom. The number of unbranched alkanes of at least 4 members (excludes halogenated alkanes) is 1. The van der Waals surface area contributed by atoms with Crippen molar-refractivity contribution in [2.75, 3.05) is 33.4 Å². The summed E-state index contributed by atoms with van der Waals surface area (Å²) in [6, 6.07) is 0. The van der Waals surface area contributed by atoms with E-state index in [1.54, 1.807) is 7.11 Å². The second-order valence-electron chi connectivity index (χ2n) is 3.39. The van der Waals surface area contributed by atoms with Gasteiger partial charge in [-0.2, -0.15) is 0 Å². The first-order valence-electron chi connectivity index (χ1n) is 4.68. The van der Waals surface area contributed by atoms with Gasteiger partial charge >= 0.3 is 0 Å². The Morgan fingerprint density at radius 3 is 2.92 bits per heavy atom. The first-order chi connectivity index (χ1) is 5.83. The van der Waals surface area contributed by atoms with Gasteiger partial charge in [-0.25, -0.2) is 0 Å². The fraction of sp³-hybridized carbons (Fsp3) is 1.00. The Labute approximate surface area is 79.8 Å². The lowest BCUT2D eigenvalue weighted by atomic mass is 10.3. The van der Waals surface area contributed by atoms with Crippen molar-refractivity contribution in [1.29, 1.82) is 0 Å². The summed E-state index contributed by atoms with van der Waals surface area (Å²) in [5, 5.41) is 0.396. The molecule has 0 bridgehead atoms. The van der Waals surface area contributed by atoms with Crippen LogP contribution >= 0.6 is 11.6 Å². The van der Waals surface area contributed by atoms with Crippen molar-refractivity contribution >= 4 is 11.6 Å². The average Bonchev–Trinajstić information content (AvgIpc) is 2.45. The Morgan fingerprint density at radius 1 is 1.50 bits per heavy atom. The van der Waals surface area contributed by atoms with Gasteiger partial charge in [-0.05, 0) is 32.4 Å². The summed E-state index contributed by atoms with van der Waals surface area (Å²) >= 11 is 5.98. The van der Waals surface area contributed by atoms with Crippen LogP contribution in [-0.2, 0) is 4.74 Å². The van der Waals surface area contributed by atoms with Gasteiger partial charge in [0.05, 0.1) is 0 Å². The highest BCUT2D eigenvalue weighted by Crippen LogP contribution is 2.14. The topological polar surface area (TPSA) is 12.5 Å². The van der Waals surface area contributed by atoms with Crippen molar-refractivity contribution < 1.29 is 4.74 Å². The van der Waals surface area contributed by atoms with E-state index in [0.717, 1.165) is 19.6 Å². The van der Waals surface area contributed by atoms with Crippen LogP contribution in [0.15, 0.2) is 0 Å². The summed E-state index contributed by atoms with van der Waals surface area (Å²) in [6.45, 7) is 4.33. The molecule has 0 radical (unpaired) electrons. The van der Waals surface area contributed by atoms with Gasteiger partial charge in [0.1, 0.15) is 0 Å². The molecule has 0 aromatic rings. The highest BCUT2D eigenvalue weighted by molar-refractivity contribution is 6.20. The fourth-order valence-electron chi connectivity index (χ4n) is 1.57. The van der Waals surface area contributed by atoms with Crippen LogP contribution in [0.5, 0.6) is 0 Å². The molecule has 1 saturated heterocycles.